The Balaban J connectivity index is 2.52. The third-order valence-corrected chi connectivity index (χ3v) is 2.77. The maximum absolute atomic E-state index is 3.46. The van der Waals surface area contributed by atoms with E-state index in [-0.39, 0.29) is 0 Å². The first-order chi connectivity index (χ1) is 6.75. The van der Waals surface area contributed by atoms with Gasteiger partial charge in [0.2, 0.25) is 0 Å². The summed E-state index contributed by atoms with van der Waals surface area (Å²) < 4.78 is 2.02. The van der Waals surface area contributed by atoms with E-state index in [1.165, 1.54) is 5.56 Å². The molecule has 0 nitrogen and oxygen atoms in total. The van der Waals surface area contributed by atoms with Gasteiger partial charge in [0.25, 0.3) is 0 Å². The second-order valence-corrected chi connectivity index (χ2v) is 4.70. The van der Waals surface area contributed by atoms with E-state index >= 15 is 0 Å². The highest BCUT2D eigenvalue weighted by Gasteiger charge is 2.00. The molecule has 0 aliphatic carbocycles. The van der Waals surface area contributed by atoms with E-state index in [2.05, 4.69) is 56.1 Å². The molecule has 0 N–H and O–H groups in total. The van der Waals surface area contributed by atoms with Gasteiger partial charge in [-0.15, -0.1) is 0 Å². The predicted octanol–water partition coefficient (Wildman–Crippen LogP) is 4.68. The summed E-state index contributed by atoms with van der Waals surface area (Å²) in [5.41, 5.74) is 2.27. The Bertz CT molecular complexity index is 415. The monoisotopic (exact) mass is 309 g/mol. The van der Waals surface area contributed by atoms with Gasteiger partial charge in [-0.3, -0.25) is 0 Å². The van der Waals surface area contributed by atoms with Gasteiger partial charge < -0.3 is 0 Å². The molecule has 2 rings (SSSR count). The van der Waals surface area contributed by atoms with E-state index in [1.54, 1.807) is 0 Å². The Morgan fingerprint density at radius 3 is 2.29 bits per heavy atom. The number of benzene rings is 2. The predicted molar refractivity (Wildman–Crippen MR) is 66.1 cm³/mol. The molecule has 0 fully saturated rings. The first kappa shape index (κ1) is 9.94. The molecule has 2 aromatic carbocycles. The highest BCUT2D eigenvalue weighted by atomic mass is 79.9. The molecule has 0 saturated heterocycles. The van der Waals surface area contributed by atoms with Gasteiger partial charge in [-0.1, -0.05) is 62.2 Å². The van der Waals surface area contributed by atoms with E-state index in [9.17, 15) is 0 Å². The maximum Gasteiger partial charge on any atom is 0.0271 e. The van der Waals surface area contributed by atoms with Crippen LogP contribution in [0, 0.1) is 6.07 Å². The van der Waals surface area contributed by atoms with Gasteiger partial charge >= 0.3 is 0 Å². The van der Waals surface area contributed by atoms with Crippen LogP contribution in [0.15, 0.2) is 51.4 Å². The van der Waals surface area contributed by atoms with Crippen molar-refractivity contribution >= 4 is 31.9 Å². The van der Waals surface area contributed by atoms with Gasteiger partial charge in [-0.05, 0) is 23.3 Å². The Morgan fingerprint density at radius 2 is 1.64 bits per heavy atom. The number of hydrogen-bond acceptors (Lipinski definition) is 0. The van der Waals surface area contributed by atoms with Crippen molar-refractivity contribution in [1.82, 2.24) is 0 Å². The topological polar surface area (TPSA) is 0 Å². The summed E-state index contributed by atoms with van der Waals surface area (Å²) in [5.74, 6) is 0. The molecule has 0 bridgehead atoms. The van der Waals surface area contributed by atoms with Gasteiger partial charge in [-0.2, -0.15) is 0 Å². The van der Waals surface area contributed by atoms with Crippen molar-refractivity contribution in [3.05, 3.63) is 57.5 Å². The van der Waals surface area contributed by atoms with Crippen molar-refractivity contribution in [2.75, 3.05) is 0 Å². The van der Waals surface area contributed by atoms with Crippen molar-refractivity contribution < 1.29 is 0 Å². The normalized spacial score (nSPS) is 10.1. The molecule has 0 amide bonds. The fourth-order valence-corrected chi connectivity index (χ4v) is 2.50. The highest BCUT2D eigenvalue weighted by molar-refractivity contribution is 9.11. The SMILES string of the molecule is Brc1[c]c(-c2ccccc2)cc(Br)c1. The zero-order valence-electron chi connectivity index (χ0n) is 7.30. The van der Waals surface area contributed by atoms with Gasteiger partial charge in [0.05, 0.1) is 0 Å². The molecule has 2 aromatic rings. The van der Waals surface area contributed by atoms with E-state index in [1.807, 2.05) is 24.3 Å². The average molecular weight is 311 g/mol. The lowest BCUT2D eigenvalue weighted by Crippen LogP contribution is -1.78. The molecule has 0 spiro atoms. The molecule has 0 aromatic heterocycles. The first-order valence-electron chi connectivity index (χ1n) is 4.19. The first-order valence-corrected chi connectivity index (χ1v) is 5.78. The average Bonchev–Trinajstić information content (AvgIpc) is 2.18. The highest BCUT2D eigenvalue weighted by Crippen LogP contribution is 2.26. The van der Waals surface area contributed by atoms with Crippen LogP contribution in [0.5, 0.6) is 0 Å². The molecule has 0 heterocycles. The van der Waals surface area contributed by atoms with Gasteiger partial charge in [0, 0.05) is 15.0 Å². The third-order valence-electron chi connectivity index (χ3n) is 1.89. The summed E-state index contributed by atoms with van der Waals surface area (Å²) in [4.78, 5) is 0. The standard InChI is InChI=1S/C12H7Br2/c13-11-6-10(7-12(14)8-11)9-4-2-1-3-5-9/h1-6,8H. The summed E-state index contributed by atoms with van der Waals surface area (Å²) in [5, 5.41) is 0. The zero-order chi connectivity index (χ0) is 9.97. The lowest BCUT2D eigenvalue weighted by molar-refractivity contribution is 1.55. The number of rotatable bonds is 1. The van der Waals surface area contributed by atoms with Gasteiger partial charge in [0.1, 0.15) is 0 Å². The number of hydrogen-bond donors (Lipinski definition) is 0. The molecule has 0 aliphatic rings. The summed E-state index contributed by atoms with van der Waals surface area (Å²) in [7, 11) is 0. The largest absolute Gasteiger partial charge is 0.0622 e. The third kappa shape index (κ3) is 2.25. The smallest absolute Gasteiger partial charge is 0.0271 e. The van der Waals surface area contributed by atoms with Crippen LogP contribution in [0.2, 0.25) is 0 Å². The number of halogens is 2. The molecule has 2 heteroatoms. The quantitative estimate of drug-likeness (QED) is 0.717. The van der Waals surface area contributed by atoms with Gasteiger partial charge in [0.15, 0.2) is 0 Å². The fraction of sp³-hybridized carbons (Fsp3) is 0. The summed E-state index contributed by atoms with van der Waals surface area (Å²) in [6, 6.07) is 17.5. The van der Waals surface area contributed by atoms with Crippen LogP contribution in [-0.4, -0.2) is 0 Å². The van der Waals surface area contributed by atoms with Crippen molar-refractivity contribution in [3.63, 3.8) is 0 Å². The summed E-state index contributed by atoms with van der Waals surface area (Å²) >= 11 is 6.88. The van der Waals surface area contributed by atoms with Crippen molar-refractivity contribution in [2.24, 2.45) is 0 Å². The molecule has 69 valence electrons. The van der Waals surface area contributed by atoms with Crippen molar-refractivity contribution in [1.29, 1.82) is 0 Å². The lowest BCUT2D eigenvalue weighted by atomic mass is 10.1. The van der Waals surface area contributed by atoms with E-state index in [0.717, 1.165) is 14.5 Å². The molecule has 0 unspecified atom stereocenters. The molecule has 0 saturated carbocycles. The van der Waals surface area contributed by atoms with Crippen LogP contribution in [0.3, 0.4) is 0 Å². The Morgan fingerprint density at radius 1 is 0.929 bits per heavy atom. The van der Waals surface area contributed by atoms with Crippen LogP contribution in [-0.2, 0) is 0 Å². The summed E-state index contributed by atoms with van der Waals surface area (Å²) in [6.07, 6.45) is 0. The molecule has 0 atom stereocenters. The van der Waals surface area contributed by atoms with Crippen LogP contribution in [0.4, 0.5) is 0 Å². The lowest BCUT2D eigenvalue weighted by Gasteiger charge is -2.02. The zero-order valence-corrected chi connectivity index (χ0v) is 10.5. The summed E-state index contributed by atoms with van der Waals surface area (Å²) in [6.45, 7) is 0. The van der Waals surface area contributed by atoms with E-state index in [0.29, 0.717) is 0 Å². The Kier molecular flexibility index (Phi) is 3.04. The van der Waals surface area contributed by atoms with Gasteiger partial charge in [-0.25, -0.2) is 0 Å². The minimum Gasteiger partial charge on any atom is -0.0622 e. The minimum atomic E-state index is 0.964. The minimum absolute atomic E-state index is 0.964. The molecule has 1 radical (unpaired) electrons. The van der Waals surface area contributed by atoms with Crippen LogP contribution >= 0.6 is 31.9 Å². The Labute approximate surface area is 100 Å². The maximum atomic E-state index is 3.46. The molecule has 14 heavy (non-hydrogen) atoms. The van der Waals surface area contributed by atoms with E-state index < -0.39 is 0 Å². The second-order valence-electron chi connectivity index (χ2n) is 2.93. The molecular weight excluding hydrogens is 304 g/mol. The van der Waals surface area contributed by atoms with E-state index in [4.69, 9.17) is 0 Å². The molecule has 0 aliphatic heterocycles. The second kappa shape index (κ2) is 4.28. The van der Waals surface area contributed by atoms with Crippen LogP contribution in [0.25, 0.3) is 11.1 Å². The van der Waals surface area contributed by atoms with Crippen LogP contribution < -0.4 is 0 Å². The fourth-order valence-electron chi connectivity index (χ4n) is 1.27. The van der Waals surface area contributed by atoms with Crippen molar-refractivity contribution in [3.8, 4) is 11.1 Å². The van der Waals surface area contributed by atoms with Crippen molar-refractivity contribution in [2.45, 2.75) is 0 Å². The van der Waals surface area contributed by atoms with Crippen LogP contribution in [0.1, 0.15) is 0 Å². The Hall–Kier alpha value is -0.600. The molecular formula is C12H7Br2.